The summed E-state index contributed by atoms with van der Waals surface area (Å²) in [5.74, 6) is -0.330. The topological polar surface area (TPSA) is 86.7 Å². The fourth-order valence-corrected chi connectivity index (χ4v) is 2.89. The van der Waals surface area contributed by atoms with E-state index in [2.05, 4.69) is 5.32 Å². The number of aliphatic hydroxyl groups is 1. The summed E-state index contributed by atoms with van der Waals surface area (Å²) in [6, 6.07) is -0.617. The Kier molecular flexibility index (Phi) is 4.28. The van der Waals surface area contributed by atoms with Crippen LogP contribution in [0.25, 0.3) is 0 Å². The van der Waals surface area contributed by atoms with Crippen molar-refractivity contribution < 1.29 is 18.3 Å². The fourth-order valence-electron chi connectivity index (χ4n) is 1.77. The summed E-state index contributed by atoms with van der Waals surface area (Å²) in [5, 5.41) is 11.6. The second kappa shape index (κ2) is 5.11. The number of sulfonamides is 1. The van der Waals surface area contributed by atoms with Crippen LogP contribution in [0.2, 0.25) is 0 Å². The molecule has 0 spiro atoms. The van der Waals surface area contributed by atoms with Crippen molar-refractivity contribution in [3.05, 3.63) is 0 Å². The summed E-state index contributed by atoms with van der Waals surface area (Å²) in [4.78, 5) is 11.7. The third kappa shape index (κ3) is 3.43. The fraction of sp³-hybridized carbons (Fsp3) is 0.889. The third-order valence-electron chi connectivity index (χ3n) is 2.50. The predicted octanol–water partition coefficient (Wildman–Crippen LogP) is -1.09. The van der Waals surface area contributed by atoms with Crippen LogP contribution in [0, 0.1) is 0 Å². The molecular formula is C9H18N2O4S. The van der Waals surface area contributed by atoms with E-state index >= 15 is 0 Å². The van der Waals surface area contributed by atoms with Crippen LogP contribution in [0.5, 0.6) is 0 Å². The van der Waals surface area contributed by atoms with E-state index in [1.54, 1.807) is 6.92 Å². The SMILES string of the molecule is C[C@@H](O)CNC(=O)C1CCCN1S(C)(=O)=O. The van der Waals surface area contributed by atoms with Gasteiger partial charge in [-0.05, 0) is 19.8 Å². The molecule has 0 saturated carbocycles. The van der Waals surface area contributed by atoms with Gasteiger partial charge < -0.3 is 10.4 Å². The standard InChI is InChI=1S/C9H18N2O4S/c1-7(12)6-10-9(13)8-4-3-5-11(8)16(2,14)15/h7-8,12H,3-6H2,1-2H3,(H,10,13)/t7-,8?/m1/s1. The first-order chi connectivity index (χ1) is 7.32. The molecule has 2 atom stereocenters. The Bertz CT molecular complexity index is 353. The average molecular weight is 250 g/mol. The van der Waals surface area contributed by atoms with Gasteiger partial charge in [-0.15, -0.1) is 0 Å². The Morgan fingerprint density at radius 1 is 1.62 bits per heavy atom. The van der Waals surface area contributed by atoms with Gasteiger partial charge in [0.25, 0.3) is 0 Å². The lowest BCUT2D eigenvalue weighted by atomic mass is 10.2. The van der Waals surface area contributed by atoms with Crippen molar-refractivity contribution in [2.24, 2.45) is 0 Å². The predicted molar refractivity (Wildman–Crippen MR) is 59.3 cm³/mol. The van der Waals surface area contributed by atoms with Crippen LogP contribution in [-0.4, -0.2) is 55.2 Å². The molecule has 16 heavy (non-hydrogen) atoms. The Labute approximate surface area is 95.7 Å². The maximum Gasteiger partial charge on any atom is 0.238 e. The van der Waals surface area contributed by atoms with Gasteiger partial charge >= 0.3 is 0 Å². The Morgan fingerprint density at radius 2 is 2.25 bits per heavy atom. The highest BCUT2D eigenvalue weighted by atomic mass is 32.2. The van der Waals surface area contributed by atoms with Crippen LogP contribution in [-0.2, 0) is 14.8 Å². The van der Waals surface area contributed by atoms with Crippen LogP contribution in [0.3, 0.4) is 0 Å². The van der Waals surface area contributed by atoms with Gasteiger partial charge in [0, 0.05) is 13.1 Å². The number of carbonyl (C=O) groups excluding carboxylic acids is 1. The summed E-state index contributed by atoms with van der Waals surface area (Å²) in [5.41, 5.74) is 0. The highest BCUT2D eigenvalue weighted by Gasteiger charge is 2.36. The minimum atomic E-state index is -3.33. The average Bonchev–Trinajstić information content (AvgIpc) is 2.61. The van der Waals surface area contributed by atoms with E-state index in [1.165, 1.54) is 4.31 Å². The molecule has 1 rings (SSSR count). The van der Waals surface area contributed by atoms with E-state index in [0.717, 1.165) is 6.26 Å². The third-order valence-corrected chi connectivity index (χ3v) is 3.79. The van der Waals surface area contributed by atoms with E-state index in [-0.39, 0.29) is 12.5 Å². The molecule has 1 unspecified atom stereocenters. The summed E-state index contributed by atoms with van der Waals surface area (Å²) < 4.78 is 24.0. The van der Waals surface area contributed by atoms with Crippen LogP contribution in [0.4, 0.5) is 0 Å². The van der Waals surface area contributed by atoms with Gasteiger partial charge in [0.2, 0.25) is 15.9 Å². The van der Waals surface area contributed by atoms with Gasteiger partial charge in [0.1, 0.15) is 6.04 Å². The van der Waals surface area contributed by atoms with Crippen molar-refractivity contribution in [2.75, 3.05) is 19.3 Å². The second-order valence-corrected chi connectivity index (χ2v) is 6.06. The molecule has 1 aliphatic rings. The van der Waals surface area contributed by atoms with Crippen molar-refractivity contribution in [3.8, 4) is 0 Å². The Morgan fingerprint density at radius 3 is 2.75 bits per heavy atom. The van der Waals surface area contributed by atoms with Crippen LogP contribution < -0.4 is 5.32 Å². The zero-order valence-corrected chi connectivity index (χ0v) is 10.3. The molecule has 1 heterocycles. The molecule has 0 bridgehead atoms. The van der Waals surface area contributed by atoms with Crippen molar-refractivity contribution >= 4 is 15.9 Å². The minimum Gasteiger partial charge on any atom is -0.392 e. The lowest BCUT2D eigenvalue weighted by Gasteiger charge is -2.21. The second-order valence-electron chi connectivity index (χ2n) is 4.13. The van der Waals surface area contributed by atoms with E-state index in [0.29, 0.717) is 19.4 Å². The molecule has 6 nitrogen and oxygen atoms in total. The smallest absolute Gasteiger partial charge is 0.238 e. The lowest BCUT2D eigenvalue weighted by molar-refractivity contribution is -0.124. The van der Waals surface area contributed by atoms with Gasteiger partial charge in [-0.2, -0.15) is 4.31 Å². The molecule has 94 valence electrons. The summed E-state index contributed by atoms with van der Waals surface area (Å²) in [6.07, 6.45) is 1.71. The maximum absolute atomic E-state index is 11.7. The number of hydrogen-bond acceptors (Lipinski definition) is 4. The molecule has 1 aliphatic heterocycles. The number of rotatable bonds is 4. The summed E-state index contributed by atoms with van der Waals surface area (Å²) >= 11 is 0. The first kappa shape index (κ1) is 13.4. The van der Waals surface area contributed by atoms with Gasteiger partial charge in [-0.1, -0.05) is 0 Å². The molecular weight excluding hydrogens is 232 g/mol. The number of aliphatic hydroxyl groups excluding tert-OH is 1. The molecule has 0 aromatic carbocycles. The van der Waals surface area contributed by atoms with Crippen molar-refractivity contribution in [1.29, 1.82) is 0 Å². The first-order valence-corrected chi connectivity index (χ1v) is 7.10. The van der Waals surface area contributed by atoms with Gasteiger partial charge in [0.15, 0.2) is 0 Å². The van der Waals surface area contributed by atoms with Crippen LogP contribution in [0.15, 0.2) is 0 Å². The van der Waals surface area contributed by atoms with E-state index < -0.39 is 22.2 Å². The van der Waals surface area contributed by atoms with E-state index in [4.69, 9.17) is 5.11 Å². The number of amides is 1. The number of carbonyl (C=O) groups is 1. The zero-order valence-electron chi connectivity index (χ0n) is 9.51. The molecule has 1 saturated heterocycles. The Balaban J connectivity index is 2.62. The monoisotopic (exact) mass is 250 g/mol. The highest BCUT2D eigenvalue weighted by Crippen LogP contribution is 2.20. The minimum absolute atomic E-state index is 0.146. The molecule has 7 heteroatoms. The molecule has 0 aliphatic carbocycles. The normalized spacial score (nSPS) is 24.3. The molecule has 0 radical (unpaired) electrons. The van der Waals surface area contributed by atoms with Crippen molar-refractivity contribution in [1.82, 2.24) is 9.62 Å². The van der Waals surface area contributed by atoms with Crippen molar-refractivity contribution in [3.63, 3.8) is 0 Å². The Hall–Kier alpha value is -0.660. The zero-order chi connectivity index (χ0) is 12.3. The number of hydrogen-bond donors (Lipinski definition) is 2. The molecule has 1 fully saturated rings. The molecule has 0 aromatic rings. The summed E-state index contributed by atoms with van der Waals surface area (Å²) in [7, 11) is -3.33. The number of nitrogens with zero attached hydrogens (tertiary/aromatic N) is 1. The van der Waals surface area contributed by atoms with Crippen LogP contribution in [0.1, 0.15) is 19.8 Å². The van der Waals surface area contributed by atoms with Gasteiger partial charge in [-0.3, -0.25) is 4.79 Å². The molecule has 0 aromatic heterocycles. The van der Waals surface area contributed by atoms with E-state index in [1.807, 2.05) is 0 Å². The van der Waals surface area contributed by atoms with Gasteiger partial charge in [-0.25, -0.2) is 8.42 Å². The highest BCUT2D eigenvalue weighted by molar-refractivity contribution is 7.88. The van der Waals surface area contributed by atoms with E-state index in [9.17, 15) is 13.2 Å². The van der Waals surface area contributed by atoms with Crippen LogP contribution >= 0.6 is 0 Å². The number of nitrogens with one attached hydrogen (secondary N) is 1. The first-order valence-electron chi connectivity index (χ1n) is 5.25. The largest absolute Gasteiger partial charge is 0.392 e. The quantitative estimate of drug-likeness (QED) is 0.663. The maximum atomic E-state index is 11.7. The van der Waals surface area contributed by atoms with Crippen molar-refractivity contribution in [2.45, 2.75) is 31.9 Å². The molecule has 2 N–H and O–H groups in total. The summed E-state index contributed by atoms with van der Waals surface area (Å²) in [6.45, 7) is 2.10. The van der Waals surface area contributed by atoms with Gasteiger partial charge in [0.05, 0.1) is 12.4 Å². The lowest BCUT2D eigenvalue weighted by Crippen LogP contribution is -2.46. The molecule has 1 amide bonds.